The summed E-state index contributed by atoms with van der Waals surface area (Å²) in [5, 5.41) is 11.0. The topological polar surface area (TPSA) is 29.5 Å². The van der Waals surface area contributed by atoms with Crippen molar-refractivity contribution in [3.63, 3.8) is 0 Å². The Labute approximate surface area is 113 Å². The van der Waals surface area contributed by atoms with Gasteiger partial charge in [-0.15, -0.1) is 0 Å². The highest BCUT2D eigenvalue weighted by atomic mass is 35.5. The van der Waals surface area contributed by atoms with Crippen LogP contribution in [0.25, 0.3) is 0 Å². The molecule has 0 aromatic heterocycles. The first kappa shape index (κ1) is 14.8. The van der Waals surface area contributed by atoms with E-state index in [9.17, 15) is 5.11 Å². The van der Waals surface area contributed by atoms with Gasteiger partial charge in [0.15, 0.2) is 0 Å². The van der Waals surface area contributed by atoms with Crippen molar-refractivity contribution in [3.8, 4) is 0 Å². The van der Waals surface area contributed by atoms with Crippen molar-refractivity contribution in [2.24, 2.45) is 0 Å². The van der Waals surface area contributed by atoms with E-state index in [2.05, 4.69) is 0 Å². The highest BCUT2D eigenvalue weighted by molar-refractivity contribution is 6.42. The molecular weight excluding hydrogens is 259 g/mol. The van der Waals surface area contributed by atoms with Gasteiger partial charge in [0.2, 0.25) is 0 Å². The molecule has 0 aliphatic heterocycles. The third-order valence-electron chi connectivity index (χ3n) is 2.74. The van der Waals surface area contributed by atoms with Gasteiger partial charge in [-0.2, -0.15) is 0 Å². The van der Waals surface area contributed by atoms with Gasteiger partial charge in [0, 0.05) is 13.5 Å². The van der Waals surface area contributed by atoms with E-state index >= 15 is 0 Å². The first-order valence-electron chi connectivity index (χ1n) is 5.51. The van der Waals surface area contributed by atoms with Crippen molar-refractivity contribution in [2.75, 3.05) is 7.11 Å². The Kier molecular flexibility index (Phi) is 5.26. The summed E-state index contributed by atoms with van der Waals surface area (Å²) in [5.41, 5.74) is 0.647. The molecular formula is C13H18Cl2O2. The molecule has 0 saturated heterocycles. The van der Waals surface area contributed by atoms with Crippen molar-refractivity contribution in [3.05, 3.63) is 33.8 Å². The van der Waals surface area contributed by atoms with Gasteiger partial charge in [-0.25, -0.2) is 0 Å². The van der Waals surface area contributed by atoms with Crippen molar-refractivity contribution < 1.29 is 9.84 Å². The van der Waals surface area contributed by atoms with Crippen LogP contribution in [0.15, 0.2) is 18.2 Å². The average Bonchev–Trinajstić information content (AvgIpc) is 2.23. The Morgan fingerprint density at radius 2 is 1.94 bits per heavy atom. The maximum Gasteiger partial charge on any atom is 0.0647 e. The van der Waals surface area contributed by atoms with Gasteiger partial charge in [0.25, 0.3) is 0 Å². The van der Waals surface area contributed by atoms with E-state index in [-0.39, 0.29) is 5.60 Å². The van der Waals surface area contributed by atoms with Gasteiger partial charge < -0.3 is 9.84 Å². The number of hydrogen-bond acceptors (Lipinski definition) is 2. The molecule has 0 radical (unpaired) electrons. The number of aliphatic hydroxyl groups is 1. The highest BCUT2D eigenvalue weighted by Gasteiger charge is 2.21. The zero-order chi connectivity index (χ0) is 13.1. The van der Waals surface area contributed by atoms with Crippen LogP contribution in [-0.4, -0.2) is 23.9 Å². The van der Waals surface area contributed by atoms with E-state index < -0.39 is 6.10 Å². The van der Waals surface area contributed by atoms with Gasteiger partial charge in [-0.1, -0.05) is 29.3 Å². The van der Waals surface area contributed by atoms with Gasteiger partial charge in [0.05, 0.1) is 21.8 Å². The predicted molar refractivity (Wildman–Crippen MR) is 71.9 cm³/mol. The van der Waals surface area contributed by atoms with Gasteiger partial charge in [-0.3, -0.25) is 0 Å². The van der Waals surface area contributed by atoms with E-state index in [1.807, 2.05) is 19.9 Å². The number of halogens is 2. The molecule has 1 rings (SSSR count). The fourth-order valence-corrected chi connectivity index (χ4v) is 1.98. The first-order valence-corrected chi connectivity index (χ1v) is 6.27. The summed E-state index contributed by atoms with van der Waals surface area (Å²) in [6.45, 7) is 3.90. The summed E-state index contributed by atoms with van der Waals surface area (Å²) in [6, 6.07) is 5.40. The minimum Gasteiger partial charge on any atom is -0.393 e. The molecule has 0 spiro atoms. The average molecular weight is 277 g/mol. The lowest BCUT2D eigenvalue weighted by atomic mass is 9.96. The van der Waals surface area contributed by atoms with E-state index in [1.54, 1.807) is 19.2 Å². The molecule has 2 nitrogen and oxygen atoms in total. The molecule has 0 saturated carbocycles. The molecule has 0 fully saturated rings. The number of rotatable bonds is 5. The third kappa shape index (κ3) is 4.84. The third-order valence-corrected chi connectivity index (χ3v) is 3.47. The molecule has 1 N–H and O–H groups in total. The van der Waals surface area contributed by atoms with Crippen LogP contribution in [0.2, 0.25) is 10.0 Å². The van der Waals surface area contributed by atoms with Crippen LogP contribution < -0.4 is 0 Å². The predicted octanol–water partition coefficient (Wildman–Crippen LogP) is 3.71. The van der Waals surface area contributed by atoms with Crippen molar-refractivity contribution in [2.45, 2.75) is 38.4 Å². The largest absolute Gasteiger partial charge is 0.393 e. The van der Waals surface area contributed by atoms with Gasteiger partial charge in [0.1, 0.15) is 0 Å². The zero-order valence-corrected chi connectivity index (χ0v) is 11.8. The molecule has 4 heteroatoms. The van der Waals surface area contributed by atoms with Crippen LogP contribution in [0.3, 0.4) is 0 Å². The van der Waals surface area contributed by atoms with E-state index in [1.165, 1.54) is 0 Å². The summed E-state index contributed by atoms with van der Waals surface area (Å²) in [4.78, 5) is 0. The van der Waals surface area contributed by atoms with E-state index in [0.717, 1.165) is 5.56 Å². The summed E-state index contributed by atoms with van der Waals surface area (Å²) in [7, 11) is 1.64. The number of ether oxygens (including phenoxy) is 1. The van der Waals surface area contributed by atoms with E-state index in [4.69, 9.17) is 27.9 Å². The molecule has 1 unspecified atom stereocenters. The van der Waals surface area contributed by atoms with Crippen molar-refractivity contribution in [1.29, 1.82) is 0 Å². The standard InChI is InChI=1S/C13H18Cl2O2/c1-13(2,17-3)8-10(16)6-9-4-5-11(14)12(15)7-9/h4-5,7,10,16H,6,8H2,1-3H3. The summed E-state index contributed by atoms with van der Waals surface area (Å²) in [6.07, 6.45) is 0.662. The van der Waals surface area contributed by atoms with Gasteiger partial charge >= 0.3 is 0 Å². The Morgan fingerprint density at radius 3 is 2.47 bits per heavy atom. The van der Waals surface area contributed by atoms with E-state index in [0.29, 0.717) is 22.9 Å². The lowest BCUT2D eigenvalue weighted by Gasteiger charge is -2.25. The minimum absolute atomic E-state index is 0.324. The first-order chi connectivity index (χ1) is 7.84. The molecule has 1 aromatic rings. The lowest BCUT2D eigenvalue weighted by molar-refractivity contribution is -0.0190. The highest BCUT2D eigenvalue weighted by Crippen LogP contribution is 2.24. The smallest absolute Gasteiger partial charge is 0.0647 e. The second kappa shape index (κ2) is 6.05. The summed E-state index contributed by atoms with van der Waals surface area (Å²) in [5.74, 6) is 0. The maximum atomic E-state index is 9.97. The fraction of sp³-hybridized carbons (Fsp3) is 0.538. The second-order valence-electron chi connectivity index (χ2n) is 4.77. The summed E-state index contributed by atoms with van der Waals surface area (Å²) < 4.78 is 5.28. The molecule has 96 valence electrons. The molecule has 1 aromatic carbocycles. The Morgan fingerprint density at radius 1 is 1.29 bits per heavy atom. The van der Waals surface area contributed by atoms with Crippen molar-refractivity contribution >= 4 is 23.2 Å². The Balaban J connectivity index is 2.62. The van der Waals surface area contributed by atoms with Crippen LogP contribution >= 0.6 is 23.2 Å². The Bertz CT molecular complexity index is 378. The Hall–Kier alpha value is -0.280. The van der Waals surface area contributed by atoms with Crippen LogP contribution in [0.5, 0.6) is 0 Å². The fourth-order valence-electron chi connectivity index (χ4n) is 1.66. The number of aliphatic hydroxyl groups excluding tert-OH is 1. The minimum atomic E-state index is -0.456. The quantitative estimate of drug-likeness (QED) is 0.889. The van der Waals surface area contributed by atoms with Crippen LogP contribution in [0, 0.1) is 0 Å². The number of hydrogen-bond donors (Lipinski definition) is 1. The lowest BCUT2D eigenvalue weighted by Crippen LogP contribution is -2.29. The molecule has 0 aliphatic rings. The van der Waals surface area contributed by atoms with Crippen LogP contribution in [0.1, 0.15) is 25.8 Å². The second-order valence-corrected chi connectivity index (χ2v) is 5.59. The van der Waals surface area contributed by atoms with Gasteiger partial charge in [-0.05, 0) is 38.0 Å². The summed E-state index contributed by atoms with van der Waals surface area (Å²) >= 11 is 11.8. The number of methoxy groups -OCH3 is 1. The molecule has 0 heterocycles. The normalized spacial score (nSPS) is 13.8. The molecule has 1 atom stereocenters. The zero-order valence-electron chi connectivity index (χ0n) is 10.3. The number of benzene rings is 1. The van der Waals surface area contributed by atoms with Crippen molar-refractivity contribution in [1.82, 2.24) is 0 Å². The monoisotopic (exact) mass is 276 g/mol. The maximum absolute atomic E-state index is 9.97. The molecule has 0 bridgehead atoms. The molecule has 17 heavy (non-hydrogen) atoms. The molecule has 0 aliphatic carbocycles. The van der Waals surface area contributed by atoms with Crippen LogP contribution in [-0.2, 0) is 11.2 Å². The SMILES string of the molecule is COC(C)(C)CC(O)Cc1ccc(Cl)c(Cl)c1. The molecule has 0 amide bonds. The van der Waals surface area contributed by atoms with Crippen LogP contribution in [0.4, 0.5) is 0 Å².